The van der Waals surface area contributed by atoms with Crippen LogP contribution in [-0.2, 0) is 54.6 Å². The van der Waals surface area contributed by atoms with Crippen LogP contribution in [0, 0.1) is 5.92 Å². The lowest BCUT2D eigenvalue weighted by molar-refractivity contribution is -0.134. The molecule has 2 saturated heterocycles. The van der Waals surface area contributed by atoms with E-state index in [0.29, 0.717) is 48.9 Å². The molecule has 2 aromatic rings. The minimum Gasteiger partial charge on any atom is -0.497 e. The molecule has 70 heavy (non-hydrogen) atoms. The van der Waals surface area contributed by atoms with Gasteiger partial charge in [-0.3, -0.25) is 43.6 Å². The number of hydrogen-bond acceptors (Lipinski definition) is 15. The van der Waals surface area contributed by atoms with Gasteiger partial charge in [0, 0.05) is 42.3 Å². The third kappa shape index (κ3) is 17.8. The van der Waals surface area contributed by atoms with Gasteiger partial charge in [0.2, 0.25) is 47.3 Å². The minimum atomic E-state index is -4.60. The van der Waals surface area contributed by atoms with Gasteiger partial charge in [-0.2, -0.15) is 11.8 Å². The maximum atomic E-state index is 13.8. The summed E-state index contributed by atoms with van der Waals surface area (Å²) >= 11 is 1.82. The average Bonchev–Trinajstić information content (AvgIpc) is 4.07. The maximum absolute atomic E-state index is 13.8. The molecule has 4 rings (SSSR count). The van der Waals surface area contributed by atoms with E-state index in [1.54, 1.807) is 13.8 Å². The van der Waals surface area contributed by atoms with Crippen molar-refractivity contribution in [3.05, 3.63) is 42.5 Å². The number of amides is 10. The highest BCUT2D eigenvalue weighted by atomic mass is 32.2. The number of carbonyl (C=O) groups is 9. The number of methoxy groups -OCH3 is 1. The molecule has 2 aliphatic heterocycles. The number of H-pyrrole nitrogens is 1. The second kappa shape index (κ2) is 27.6. The fourth-order valence-corrected chi connectivity index (χ4v) is 10.8. The Morgan fingerprint density at radius 2 is 1.56 bits per heavy atom. The summed E-state index contributed by atoms with van der Waals surface area (Å²) in [5, 5.41) is 28.2. The first-order chi connectivity index (χ1) is 33.3. The monoisotopic (exact) mass is 1020 g/mol. The van der Waals surface area contributed by atoms with Gasteiger partial charge in [-0.05, 0) is 68.7 Å². The van der Waals surface area contributed by atoms with Crippen molar-refractivity contribution in [2.45, 2.75) is 124 Å². The van der Waals surface area contributed by atoms with E-state index in [0.717, 1.165) is 18.6 Å². The standard InChI is InChI=1S/C43H64N12O13S2/c1-24(2)16-29(52-42(63)33(18-35(57)55-65)70(66,67)27-13-11-26(68-3)12-14-27)41(62)51-30(17-25-19-45-23-49-25)40(61)48-20-36(58)47-21-37(59)50-28(39(44)60)8-6-7-15-46-34(56)10-5-4-9-32-38-31(22-69-32)53-43(64)54-38/h11-14,19,23-24,28-33,38,65H,4-10,15-18,20-22H2,1-3H3,(H2,44,60)(H,45,49)(H,46,56)(H,47,58)(H,48,61)(H,50,59)(H,51,62)(H,52,63)(H,55,57)(H2,53,54,64)/t28-,29-,30-,31-,32-,33?,38-/m0/s1. The van der Waals surface area contributed by atoms with E-state index in [1.165, 1.54) is 49.4 Å². The summed E-state index contributed by atoms with van der Waals surface area (Å²) in [6.45, 7) is 2.55. The van der Waals surface area contributed by atoms with Crippen LogP contribution in [0.2, 0.25) is 0 Å². The van der Waals surface area contributed by atoms with Crippen molar-refractivity contribution in [1.29, 1.82) is 0 Å². The van der Waals surface area contributed by atoms with Crippen LogP contribution in [0.1, 0.15) is 77.3 Å². The first-order valence-corrected chi connectivity index (χ1v) is 25.4. The van der Waals surface area contributed by atoms with Crippen molar-refractivity contribution in [2.75, 3.05) is 32.5 Å². The number of hydrogen-bond donors (Lipinski definition) is 12. The van der Waals surface area contributed by atoms with E-state index in [9.17, 15) is 56.8 Å². The Morgan fingerprint density at radius 1 is 0.843 bits per heavy atom. The molecular weight excluding hydrogens is 957 g/mol. The second-order valence-corrected chi connectivity index (χ2v) is 20.6. The number of imidazole rings is 1. The number of unbranched alkanes of at least 4 members (excludes halogenated alkanes) is 2. The number of thioether (sulfide) groups is 1. The zero-order valence-corrected chi connectivity index (χ0v) is 40.8. The molecule has 2 fully saturated rings. The van der Waals surface area contributed by atoms with Crippen LogP contribution in [0.3, 0.4) is 0 Å². The molecule has 7 atom stereocenters. The fourth-order valence-electron chi connectivity index (χ4n) is 7.68. The molecule has 1 aromatic carbocycles. The van der Waals surface area contributed by atoms with Gasteiger partial charge in [-0.15, -0.1) is 0 Å². The number of nitrogens with two attached hydrogens (primary N) is 1. The molecule has 0 bridgehead atoms. The third-order valence-electron chi connectivity index (χ3n) is 11.4. The van der Waals surface area contributed by atoms with Crippen LogP contribution < -0.4 is 58.5 Å². The molecule has 386 valence electrons. The Kier molecular flexibility index (Phi) is 22.2. The molecule has 2 aliphatic rings. The average molecular weight is 1020 g/mol. The molecule has 1 unspecified atom stereocenters. The number of sulfone groups is 1. The lowest BCUT2D eigenvalue weighted by atomic mass is 10.0. The number of benzene rings is 1. The van der Waals surface area contributed by atoms with E-state index >= 15 is 0 Å². The summed E-state index contributed by atoms with van der Waals surface area (Å²) < 4.78 is 32.4. The molecule has 1 aromatic heterocycles. The van der Waals surface area contributed by atoms with Gasteiger partial charge in [0.15, 0.2) is 15.1 Å². The zero-order valence-electron chi connectivity index (χ0n) is 39.2. The number of aromatic nitrogens is 2. The van der Waals surface area contributed by atoms with Crippen LogP contribution in [0.4, 0.5) is 4.79 Å². The Morgan fingerprint density at radius 3 is 2.21 bits per heavy atom. The van der Waals surface area contributed by atoms with Gasteiger partial charge in [0.1, 0.15) is 23.9 Å². The summed E-state index contributed by atoms with van der Waals surface area (Å²) in [6, 6.07) is 1.24. The van der Waals surface area contributed by atoms with Crippen LogP contribution in [0.25, 0.3) is 0 Å². The van der Waals surface area contributed by atoms with Gasteiger partial charge in [-0.1, -0.05) is 20.3 Å². The maximum Gasteiger partial charge on any atom is 0.315 e. The van der Waals surface area contributed by atoms with E-state index in [4.69, 9.17) is 10.5 Å². The molecule has 0 aliphatic carbocycles. The lowest BCUT2D eigenvalue weighted by Crippen LogP contribution is -2.57. The SMILES string of the molecule is COc1ccc(S(=O)(=O)C(CC(=O)NO)C(=O)N[C@@H](CC(C)C)C(=O)N[C@@H](Cc2cnc[nH]2)C(=O)NCC(=O)NCC(=O)N[C@@H](CCCCNC(=O)CCCC[C@@H]2SC[C@@H]3NC(=O)N[C@@H]32)C(N)=O)cc1. The number of hydroxylamine groups is 1. The first-order valence-electron chi connectivity index (χ1n) is 22.8. The Hall–Kier alpha value is -6.48. The normalized spacial score (nSPS) is 17.8. The van der Waals surface area contributed by atoms with Crippen LogP contribution in [0.5, 0.6) is 5.75 Å². The predicted molar refractivity (Wildman–Crippen MR) is 252 cm³/mol. The van der Waals surface area contributed by atoms with E-state index in [-0.39, 0.29) is 54.1 Å². The summed E-state index contributed by atoms with van der Waals surface area (Å²) in [6.07, 6.45) is 5.39. The zero-order chi connectivity index (χ0) is 51.4. The van der Waals surface area contributed by atoms with Gasteiger partial charge in [0.25, 0.3) is 0 Å². The summed E-state index contributed by atoms with van der Waals surface area (Å²) in [7, 11) is -3.24. The Balaban J connectivity index is 1.23. The van der Waals surface area contributed by atoms with Crippen molar-refractivity contribution < 1.29 is 61.5 Å². The van der Waals surface area contributed by atoms with Crippen molar-refractivity contribution in [1.82, 2.24) is 58.0 Å². The molecule has 0 radical (unpaired) electrons. The van der Waals surface area contributed by atoms with Crippen LogP contribution in [0.15, 0.2) is 41.7 Å². The van der Waals surface area contributed by atoms with E-state index in [2.05, 4.69) is 52.5 Å². The Labute approximate surface area is 409 Å². The first kappa shape index (κ1) is 56.1. The van der Waals surface area contributed by atoms with Crippen LogP contribution in [-0.4, -0.2) is 150 Å². The van der Waals surface area contributed by atoms with Gasteiger partial charge >= 0.3 is 6.03 Å². The van der Waals surface area contributed by atoms with Crippen LogP contribution >= 0.6 is 11.8 Å². The number of primary amides is 1. The van der Waals surface area contributed by atoms with E-state index in [1.807, 2.05) is 11.8 Å². The third-order valence-corrected chi connectivity index (χ3v) is 14.9. The smallest absolute Gasteiger partial charge is 0.315 e. The topological polar surface area (TPSA) is 380 Å². The molecule has 13 N–H and O–H groups in total. The highest BCUT2D eigenvalue weighted by molar-refractivity contribution is 8.00. The van der Waals surface area contributed by atoms with Gasteiger partial charge in [0.05, 0.1) is 49.9 Å². The molecular formula is C43H64N12O13S2. The summed E-state index contributed by atoms with van der Waals surface area (Å²) in [5.41, 5.74) is 7.20. The number of ether oxygens (including phenoxy) is 1. The predicted octanol–water partition coefficient (Wildman–Crippen LogP) is -2.07. The summed E-state index contributed by atoms with van der Waals surface area (Å²) in [4.78, 5) is 121. The molecule has 3 heterocycles. The molecule has 27 heteroatoms. The van der Waals surface area contributed by atoms with E-state index < -0.39 is 94.1 Å². The lowest BCUT2D eigenvalue weighted by Gasteiger charge is -2.26. The molecule has 0 spiro atoms. The number of nitrogens with one attached hydrogen (secondary N) is 10. The minimum absolute atomic E-state index is 0.0540. The highest BCUT2D eigenvalue weighted by Gasteiger charge is 2.43. The van der Waals surface area contributed by atoms with Crippen molar-refractivity contribution in [3.8, 4) is 5.75 Å². The molecule has 25 nitrogen and oxygen atoms in total. The number of nitrogens with zero attached hydrogens (tertiary/aromatic N) is 1. The van der Waals surface area contributed by atoms with Crippen molar-refractivity contribution >= 4 is 74.9 Å². The number of fused-ring (bicyclic) bond motifs is 1. The van der Waals surface area contributed by atoms with Crippen molar-refractivity contribution in [3.63, 3.8) is 0 Å². The number of urea groups is 1. The van der Waals surface area contributed by atoms with Gasteiger partial charge in [-0.25, -0.2) is 23.7 Å². The number of rotatable bonds is 30. The molecule has 10 amide bonds. The number of carbonyl (C=O) groups excluding carboxylic acids is 9. The summed E-state index contributed by atoms with van der Waals surface area (Å²) in [5.74, 6) is -5.75. The van der Waals surface area contributed by atoms with Gasteiger partial charge < -0.3 is 58.0 Å². The van der Waals surface area contributed by atoms with Crippen molar-refractivity contribution in [2.24, 2.45) is 11.7 Å². The highest BCUT2D eigenvalue weighted by Crippen LogP contribution is 2.33. The Bertz CT molecular complexity index is 2250. The number of aromatic amines is 1. The molecule has 0 saturated carbocycles. The quantitative estimate of drug-likeness (QED) is 0.0173. The largest absolute Gasteiger partial charge is 0.497 e. The second-order valence-electron chi connectivity index (χ2n) is 17.2. The fraction of sp³-hybridized carbons (Fsp3) is 0.581.